The second-order valence-electron chi connectivity index (χ2n) is 12.1. The highest BCUT2D eigenvalue weighted by Crippen LogP contribution is 2.62. The van der Waals surface area contributed by atoms with Crippen LogP contribution in [0.15, 0.2) is 121 Å². The molecular weight excluding hydrogens is 517 g/mol. The van der Waals surface area contributed by atoms with Gasteiger partial charge in [-0.25, -0.2) is 0 Å². The first-order valence-electron chi connectivity index (χ1n) is 13.4. The quantitative estimate of drug-likeness (QED) is 0.216. The van der Waals surface area contributed by atoms with Gasteiger partial charge in [0.2, 0.25) is 0 Å². The zero-order chi connectivity index (χ0) is 27.1. The van der Waals surface area contributed by atoms with Crippen LogP contribution in [0.5, 0.6) is 0 Å². The molecule has 0 spiro atoms. The van der Waals surface area contributed by atoms with Crippen molar-refractivity contribution in [3.05, 3.63) is 144 Å². The third kappa shape index (κ3) is 4.39. The van der Waals surface area contributed by atoms with Crippen LogP contribution in [0.4, 0.5) is 0 Å². The van der Waals surface area contributed by atoms with Crippen molar-refractivity contribution in [3.63, 3.8) is 0 Å². The Morgan fingerprint density at radius 3 is 0.947 bits per heavy atom. The third-order valence-corrected chi connectivity index (χ3v) is 20.7. The van der Waals surface area contributed by atoms with Crippen molar-refractivity contribution in [1.82, 2.24) is 0 Å². The summed E-state index contributed by atoms with van der Waals surface area (Å²) in [6.07, 6.45) is 0. The molecule has 0 atom stereocenters. The largest absolute Gasteiger partial charge is 0.461 e. The molecule has 0 saturated carbocycles. The highest BCUT2D eigenvalue weighted by Gasteiger charge is 2.75. The molecule has 3 nitrogen and oxygen atoms in total. The Hall–Kier alpha value is -2.59. The van der Waals surface area contributed by atoms with Crippen LogP contribution in [0.2, 0.25) is 39.3 Å². The van der Waals surface area contributed by atoms with Crippen LogP contribution < -0.4 is 0 Å². The number of hydrogen-bond acceptors (Lipinski definition) is 3. The molecule has 0 aliphatic carbocycles. The SMILES string of the molecule is C[Si](C)(C)O[Si]1([Si](C)(C)C)OC(c2ccccc2)(c2ccccc2)C(c2ccccc2)(c2ccccc2)O1. The van der Waals surface area contributed by atoms with Gasteiger partial charge in [0.1, 0.15) is 18.8 Å². The lowest BCUT2D eigenvalue weighted by Gasteiger charge is -2.45. The molecule has 4 aromatic carbocycles. The summed E-state index contributed by atoms with van der Waals surface area (Å²) in [5, 5.41) is 0. The molecule has 196 valence electrons. The van der Waals surface area contributed by atoms with Crippen molar-refractivity contribution < 1.29 is 13.0 Å². The summed E-state index contributed by atoms with van der Waals surface area (Å²) < 4.78 is 22.8. The average molecular weight is 555 g/mol. The van der Waals surface area contributed by atoms with Gasteiger partial charge in [-0.2, -0.15) is 0 Å². The number of hydrogen-bond donors (Lipinski definition) is 0. The molecule has 1 aliphatic rings. The fourth-order valence-electron chi connectivity index (χ4n) is 5.55. The summed E-state index contributed by atoms with van der Waals surface area (Å²) in [6.45, 7) is 13.7. The van der Waals surface area contributed by atoms with Gasteiger partial charge in [-0.15, -0.1) is 0 Å². The van der Waals surface area contributed by atoms with Crippen LogP contribution in [0.1, 0.15) is 22.3 Å². The Bertz CT molecular complexity index is 1180. The molecule has 0 bridgehead atoms. The van der Waals surface area contributed by atoms with E-state index in [-0.39, 0.29) is 0 Å². The van der Waals surface area contributed by atoms with Crippen LogP contribution in [0, 0.1) is 0 Å². The van der Waals surface area contributed by atoms with E-state index in [4.69, 9.17) is 13.0 Å². The summed E-state index contributed by atoms with van der Waals surface area (Å²) in [5.74, 6) is 0. The topological polar surface area (TPSA) is 27.7 Å². The van der Waals surface area contributed by atoms with Crippen LogP contribution >= 0.6 is 0 Å². The van der Waals surface area contributed by atoms with E-state index in [2.05, 4.69) is 161 Å². The van der Waals surface area contributed by atoms with Gasteiger partial charge < -0.3 is 13.0 Å². The van der Waals surface area contributed by atoms with Gasteiger partial charge in [0.05, 0.1) is 0 Å². The molecule has 6 heteroatoms. The van der Waals surface area contributed by atoms with Gasteiger partial charge in [-0.3, -0.25) is 0 Å². The van der Waals surface area contributed by atoms with Crippen molar-refractivity contribution in [2.45, 2.75) is 50.5 Å². The number of benzene rings is 4. The third-order valence-electron chi connectivity index (χ3n) is 7.15. The van der Waals surface area contributed by atoms with Crippen molar-refractivity contribution in [3.8, 4) is 0 Å². The Morgan fingerprint density at radius 1 is 0.474 bits per heavy atom. The molecule has 1 fully saturated rings. The standard InChI is InChI=1S/C32H38O3Si3/c1-36(2,3)35-38(37(4,5)6)33-31(27-19-11-7-12-20-27,28-21-13-8-14-22-28)32(34-38,29-23-15-9-16-24-29)30-25-17-10-18-26-30/h7-26H,1-6H3. The average Bonchev–Trinajstić information content (AvgIpc) is 3.23. The van der Waals surface area contributed by atoms with E-state index >= 15 is 0 Å². The van der Waals surface area contributed by atoms with Crippen LogP contribution in [-0.4, -0.2) is 24.2 Å². The van der Waals surface area contributed by atoms with E-state index < -0.39 is 35.4 Å². The first-order valence-corrected chi connectivity index (χ1v) is 23.0. The van der Waals surface area contributed by atoms with E-state index in [9.17, 15) is 0 Å². The molecule has 1 heterocycles. The van der Waals surface area contributed by atoms with Crippen LogP contribution in [-0.2, 0) is 24.2 Å². The zero-order valence-electron chi connectivity index (χ0n) is 23.3. The molecule has 0 aromatic heterocycles. The Morgan fingerprint density at radius 2 is 0.737 bits per heavy atom. The van der Waals surface area contributed by atoms with E-state index in [0.717, 1.165) is 22.3 Å². The lowest BCUT2D eigenvalue weighted by molar-refractivity contribution is 0.00370. The normalized spacial score (nSPS) is 18.3. The zero-order valence-corrected chi connectivity index (χ0v) is 26.3. The molecular formula is C32H38O3Si3. The fourth-order valence-corrected chi connectivity index (χ4v) is 20.8. The van der Waals surface area contributed by atoms with Gasteiger partial charge in [0, 0.05) is 0 Å². The van der Waals surface area contributed by atoms with Gasteiger partial charge in [0.25, 0.3) is 0 Å². The highest BCUT2D eigenvalue weighted by atomic mass is 29.3. The van der Waals surface area contributed by atoms with Crippen LogP contribution in [0.25, 0.3) is 0 Å². The minimum absolute atomic E-state index is 0.968. The predicted octanol–water partition coefficient (Wildman–Crippen LogP) is 8.13. The fraction of sp³-hybridized carbons (Fsp3) is 0.250. The van der Waals surface area contributed by atoms with E-state index in [1.807, 2.05) is 0 Å². The molecule has 5 rings (SSSR count). The lowest BCUT2D eigenvalue weighted by Crippen LogP contribution is -2.66. The van der Waals surface area contributed by atoms with Gasteiger partial charge in [-0.1, -0.05) is 141 Å². The van der Waals surface area contributed by atoms with Gasteiger partial charge in [-0.05, 0) is 41.9 Å². The maximum Gasteiger partial charge on any atom is 0.461 e. The monoisotopic (exact) mass is 554 g/mol. The second kappa shape index (κ2) is 9.86. The van der Waals surface area contributed by atoms with Gasteiger partial charge in [0.15, 0.2) is 8.32 Å². The summed E-state index contributed by atoms with van der Waals surface area (Å²) >= 11 is 0. The van der Waals surface area contributed by atoms with Crippen molar-refractivity contribution in [2.24, 2.45) is 0 Å². The summed E-state index contributed by atoms with van der Waals surface area (Å²) in [4.78, 5) is 0. The lowest BCUT2D eigenvalue weighted by atomic mass is 9.66. The minimum atomic E-state index is -3.27. The number of rotatable bonds is 7. The minimum Gasteiger partial charge on any atom is -0.419 e. The van der Waals surface area contributed by atoms with Crippen molar-refractivity contribution in [1.29, 1.82) is 0 Å². The first-order chi connectivity index (χ1) is 18.0. The maximum atomic E-state index is 7.77. The van der Waals surface area contributed by atoms with Gasteiger partial charge >= 0.3 is 8.32 Å². The van der Waals surface area contributed by atoms with Crippen molar-refractivity contribution in [2.75, 3.05) is 0 Å². The van der Waals surface area contributed by atoms with E-state index in [1.54, 1.807) is 0 Å². The Labute approximate surface area is 230 Å². The second-order valence-corrected chi connectivity index (χ2v) is 29.5. The molecule has 0 N–H and O–H groups in total. The summed E-state index contributed by atoms with van der Waals surface area (Å²) in [5.41, 5.74) is 2.31. The molecule has 0 radical (unpaired) electrons. The highest BCUT2D eigenvalue weighted by molar-refractivity contribution is 7.35. The Kier molecular flexibility index (Phi) is 7.01. The molecule has 0 amide bonds. The molecule has 0 unspecified atom stereocenters. The molecule has 4 aromatic rings. The maximum absolute atomic E-state index is 7.77. The Balaban J connectivity index is 1.99. The van der Waals surface area contributed by atoms with Crippen molar-refractivity contribution >= 4 is 24.2 Å². The summed E-state index contributed by atoms with van der Waals surface area (Å²) in [7, 11) is -7.54. The first kappa shape index (κ1) is 27.0. The molecule has 1 saturated heterocycles. The van der Waals surface area contributed by atoms with Crippen LogP contribution in [0.3, 0.4) is 0 Å². The predicted molar refractivity (Wildman–Crippen MR) is 163 cm³/mol. The van der Waals surface area contributed by atoms with E-state index in [0.29, 0.717) is 0 Å². The summed E-state index contributed by atoms with van der Waals surface area (Å²) in [6, 6.07) is 42.5. The molecule has 38 heavy (non-hydrogen) atoms. The smallest absolute Gasteiger partial charge is 0.419 e. The van der Waals surface area contributed by atoms with E-state index in [1.165, 1.54) is 0 Å². The molecule has 1 aliphatic heterocycles.